The second-order valence-corrected chi connectivity index (χ2v) is 10.2. The number of esters is 1. The molecule has 0 unspecified atom stereocenters. The SMILES string of the molecule is CC(C)C[C@@H](NC(=O)[C@@H](N)CCc1ccccc1)C(=O)N[C@@H](Cc1ccccc1)C(=O)OCc1ccccc1. The molecule has 4 N–H and O–H groups in total. The number of carbonyl (C=O) groups is 3. The Labute approximate surface area is 231 Å². The van der Waals surface area contributed by atoms with Gasteiger partial charge >= 0.3 is 5.97 Å². The monoisotopic (exact) mass is 529 g/mol. The van der Waals surface area contributed by atoms with Gasteiger partial charge in [-0.15, -0.1) is 0 Å². The second-order valence-electron chi connectivity index (χ2n) is 10.2. The van der Waals surface area contributed by atoms with Crippen LogP contribution < -0.4 is 16.4 Å². The van der Waals surface area contributed by atoms with Crippen molar-refractivity contribution < 1.29 is 19.1 Å². The average Bonchev–Trinajstić information content (AvgIpc) is 2.95. The third-order valence-electron chi connectivity index (χ3n) is 6.37. The number of nitrogens with one attached hydrogen (secondary N) is 2. The van der Waals surface area contributed by atoms with Gasteiger partial charge in [0.2, 0.25) is 11.8 Å². The number of benzene rings is 3. The molecule has 7 nitrogen and oxygen atoms in total. The lowest BCUT2D eigenvalue weighted by molar-refractivity contribution is -0.149. The molecule has 3 aromatic rings. The van der Waals surface area contributed by atoms with Crippen LogP contribution in [0.25, 0.3) is 0 Å². The minimum Gasteiger partial charge on any atom is -0.459 e. The summed E-state index contributed by atoms with van der Waals surface area (Å²) in [6, 6.07) is 26.1. The van der Waals surface area contributed by atoms with Crippen LogP contribution in [0, 0.1) is 5.92 Å². The Morgan fingerprint density at radius 3 is 1.79 bits per heavy atom. The second kappa shape index (κ2) is 15.4. The zero-order chi connectivity index (χ0) is 28.0. The number of nitrogens with two attached hydrogens (primary N) is 1. The maximum Gasteiger partial charge on any atom is 0.329 e. The molecule has 0 spiro atoms. The summed E-state index contributed by atoms with van der Waals surface area (Å²) in [5.74, 6) is -1.24. The zero-order valence-corrected chi connectivity index (χ0v) is 22.7. The third-order valence-corrected chi connectivity index (χ3v) is 6.37. The summed E-state index contributed by atoms with van der Waals surface area (Å²) in [5, 5.41) is 5.66. The van der Waals surface area contributed by atoms with Crippen molar-refractivity contribution in [3.8, 4) is 0 Å². The minimum absolute atomic E-state index is 0.100. The molecule has 206 valence electrons. The molecule has 0 fully saturated rings. The molecule has 0 aliphatic rings. The molecule has 39 heavy (non-hydrogen) atoms. The van der Waals surface area contributed by atoms with E-state index >= 15 is 0 Å². The van der Waals surface area contributed by atoms with E-state index in [1.54, 1.807) is 0 Å². The van der Waals surface area contributed by atoms with Gasteiger partial charge in [0.05, 0.1) is 6.04 Å². The van der Waals surface area contributed by atoms with Gasteiger partial charge in [-0.2, -0.15) is 0 Å². The van der Waals surface area contributed by atoms with E-state index in [4.69, 9.17) is 10.5 Å². The maximum atomic E-state index is 13.4. The van der Waals surface area contributed by atoms with Crippen LogP contribution in [0.5, 0.6) is 0 Å². The fourth-order valence-corrected chi connectivity index (χ4v) is 4.22. The Hall–Kier alpha value is -3.97. The number of ether oxygens (including phenoxy) is 1. The predicted molar refractivity (Wildman–Crippen MR) is 152 cm³/mol. The van der Waals surface area contributed by atoms with E-state index in [0.29, 0.717) is 19.3 Å². The van der Waals surface area contributed by atoms with E-state index in [9.17, 15) is 14.4 Å². The Balaban J connectivity index is 1.66. The number of carbonyl (C=O) groups excluding carboxylic acids is 3. The predicted octanol–water partition coefficient (Wildman–Crippen LogP) is 3.95. The molecule has 7 heteroatoms. The number of aryl methyl sites for hydroxylation is 1. The molecule has 0 bridgehead atoms. The van der Waals surface area contributed by atoms with Gasteiger partial charge in [-0.1, -0.05) is 105 Å². The van der Waals surface area contributed by atoms with Crippen molar-refractivity contribution in [2.24, 2.45) is 11.7 Å². The van der Waals surface area contributed by atoms with E-state index < -0.39 is 35.9 Å². The molecule has 2 amide bonds. The van der Waals surface area contributed by atoms with Crippen molar-refractivity contribution in [3.05, 3.63) is 108 Å². The van der Waals surface area contributed by atoms with Crippen molar-refractivity contribution in [1.82, 2.24) is 10.6 Å². The van der Waals surface area contributed by atoms with Crippen LogP contribution in [0.1, 0.15) is 43.4 Å². The van der Waals surface area contributed by atoms with E-state index in [1.165, 1.54) is 0 Å². The first-order valence-electron chi connectivity index (χ1n) is 13.5. The van der Waals surface area contributed by atoms with E-state index in [1.807, 2.05) is 105 Å². The van der Waals surface area contributed by atoms with Crippen molar-refractivity contribution in [2.45, 2.75) is 64.3 Å². The fourth-order valence-electron chi connectivity index (χ4n) is 4.22. The molecular weight excluding hydrogens is 490 g/mol. The van der Waals surface area contributed by atoms with Crippen molar-refractivity contribution in [1.29, 1.82) is 0 Å². The Morgan fingerprint density at radius 2 is 1.23 bits per heavy atom. The van der Waals surface area contributed by atoms with Crippen LogP contribution in [0.15, 0.2) is 91.0 Å². The highest BCUT2D eigenvalue weighted by Gasteiger charge is 2.29. The van der Waals surface area contributed by atoms with E-state index in [-0.39, 0.29) is 18.9 Å². The summed E-state index contributed by atoms with van der Waals surface area (Å²) in [6.45, 7) is 4.04. The third kappa shape index (κ3) is 10.4. The van der Waals surface area contributed by atoms with Gasteiger partial charge in [0, 0.05) is 6.42 Å². The number of amides is 2. The highest BCUT2D eigenvalue weighted by atomic mass is 16.5. The highest BCUT2D eigenvalue weighted by Crippen LogP contribution is 2.11. The Morgan fingerprint density at radius 1 is 0.718 bits per heavy atom. The van der Waals surface area contributed by atoms with E-state index in [0.717, 1.165) is 16.7 Å². The maximum absolute atomic E-state index is 13.4. The summed E-state index contributed by atoms with van der Waals surface area (Å²) in [7, 11) is 0. The Bertz CT molecular complexity index is 1170. The van der Waals surface area contributed by atoms with Crippen LogP contribution in [0.2, 0.25) is 0 Å². The van der Waals surface area contributed by atoms with Crippen molar-refractivity contribution in [2.75, 3.05) is 0 Å². The number of rotatable bonds is 14. The first kappa shape index (κ1) is 29.6. The average molecular weight is 530 g/mol. The fraction of sp³-hybridized carbons (Fsp3) is 0.344. The van der Waals surface area contributed by atoms with Crippen LogP contribution in [0.3, 0.4) is 0 Å². The van der Waals surface area contributed by atoms with Gasteiger partial charge in [-0.25, -0.2) is 4.79 Å². The van der Waals surface area contributed by atoms with Crippen LogP contribution in [-0.4, -0.2) is 35.9 Å². The molecule has 3 atom stereocenters. The summed E-state index contributed by atoms with van der Waals surface area (Å²) >= 11 is 0. The minimum atomic E-state index is -0.915. The van der Waals surface area contributed by atoms with Crippen LogP contribution in [-0.2, 0) is 38.6 Å². The first-order valence-corrected chi connectivity index (χ1v) is 13.5. The normalized spacial score (nSPS) is 13.2. The molecule has 0 aliphatic carbocycles. The molecule has 0 aromatic heterocycles. The lowest BCUT2D eigenvalue weighted by atomic mass is 10.00. The van der Waals surface area contributed by atoms with Gasteiger partial charge in [-0.3, -0.25) is 9.59 Å². The van der Waals surface area contributed by atoms with Crippen LogP contribution in [0.4, 0.5) is 0 Å². The zero-order valence-electron chi connectivity index (χ0n) is 22.7. The first-order chi connectivity index (χ1) is 18.8. The van der Waals surface area contributed by atoms with Gasteiger partial charge in [0.25, 0.3) is 0 Å². The topological polar surface area (TPSA) is 111 Å². The number of hydrogen-bond donors (Lipinski definition) is 3. The van der Waals surface area contributed by atoms with Gasteiger partial charge in [0.15, 0.2) is 0 Å². The molecule has 0 saturated carbocycles. The summed E-state index contributed by atoms with van der Waals surface area (Å²) in [5.41, 5.74) is 9.00. The molecular formula is C32H39N3O4. The van der Waals surface area contributed by atoms with E-state index in [2.05, 4.69) is 10.6 Å². The Kier molecular flexibility index (Phi) is 11.7. The molecule has 3 aromatic carbocycles. The highest BCUT2D eigenvalue weighted by molar-refractivity contribution is 5.92. The summed E-state index contributed by atoms with van der Waals surface area (Å²) in [4.78, 5) is 39.5. The van der Waals surface area contributed by atoms with Crippen molar-refractivity contribution >= 4 is 17.8 Å². The molecule has 0 radical (unpaired) electrons. The van der Waals surface area contributed by atoms with Gasteiger partial charge in [0.1, 0.15) is 18.7 Å². The molecule has 0 aliphatic heterocycles. The molecule has 0 heterocycles. The smallest absolute Gasteiger partial charge is 0.329 e. The lowest BCUT2D eigenvalue weighted by Gasteiger charge is -2.25. The summed E-state index contributed by atoms with van der Waals surface area (Å²) < 4.78 is 5.56. The molecule has 0 saturated heterocycles. The largest absolute Gasteiger partial charge is 0.459 e. The van der Waals surface area contributed by atoms with Gasteiger partial charge < -0.3 is 21.1 Å². The van der Waals surface area contributed by atoms with Crippen LogP contribution >= 0.6 is 0 Å². The quantitative estimate of drug-likeness (QED) is 0.274. The lowest BCUT2D eigenvalue weighted by Crippen LogP contribution is -2.55. The van der Waals surface area contributed by atoms with Gasteiger partial charge in [-0.05, 0) is 41.9 Å². The molecule has 3 rings (SSSR count). The number of hydrogen-bond acceptors (Lipinski definition) is 5. The summed E-state index contributed by atoms with van der Waals surface area (Å²) in [6.07, 6.45) is 1.77. The standard InChI is InChI=1S/C32H39N3O4/c1-23(2)20-28(34-30(36)27(33)19-18-24-12-6-3-7-13-24)31(37)35-29(21-25-14-8-4-9-15-25)32(38)39-22-26-16-10-5-11-17-26/h3-17,23,27-29H,18-22,33H2,1-2H3,(H,34,36)(H,35,37)/t27-,28+,29-/m0/s1. The van der Waals surface area contributed by atoms with Crippen molar-refractivity contribution in [3.63, 3.8) is 0 Å².